The first kappa shape index (κ1) is 18.4. The van der Waals surface area contributed by atoms with Crippen molar-refractivity contribution in [2.75, 3.05) is 6.61 Å². The average molecular weight is 344 g/mol. The molecule has 0 aliphatic rings. The van der Waals surface area contributed by atoms with Gasteiger partial charge in [0.15, 0.2) is 6.61 Å². The zero-order valence-electron chi connectivity index (χ0n) is 14.3. The van der Waals surface area contributed by atoms with Crippen LogP contribution in [0.1, 0.15) is 23.1 Å². The topological polar surface area (TPSA) is 67.4 Å². The highest BCUT2D eigenvalue weighted by Crippen LogP contribution is 2.18. The van der Waals surface area contributed by atoms with Crippen molar-refractivity contribution < 1.29 is 18.7 Å². The number of carbonyl (C=O) groups is 2. The van der Waals surface area contributed by atoms with E-state index in [1.165, 1.54) is 12.1 Å². The molecule has 0 aromatic heterocycles. The molecule has 0 fully saturated rings. The molecule has 0 unspecified atom stereocenters. The van der Waals surface area contributed by atoms with Crippen LogP contribution in [0.15, 0.2) is 42.5 Å². The molecule has 2 aromatic carbocycles. The number of aryl methyl sites for hydroxylation is 3. The summed E-state index contributed by atoms with van der Waals surface area (Å²) >= 11 is 0. The van der Waals surface area contributed by atoms with Crippen molar-refractivity contribution in [2.45, 2.75) is 26.7 Å². The number of benzene rings is 2. The molecule has 0 heterocycles. The van der Waals surface area contributed by atoms with Crippen molar-refractivity contribution in [2.24, 2.45) is 0 Å². The highest BCUT2D eigenvalue weighted by Gasteiger charge is 2.08. The summed E-state index contributed by atoms with van der Waals surface area (Å²) in [4.78, 5) is 23.5. The van der Waals surface area contributed by atoms with Crippen LogP contribution in [-0.4, -0.2) is 18.4 Å². The van der Waals surface area contributed by atoms with E-state index < -0.39 is 5.91 Å². The normalized spacial score (nSPS) is 10.2. The summed E-state index contributed by atoms with van der Waals surface area (Å²) in [5.41, 5.74) is 7.30. The Balaban J connectivity index is 1.70. The van der Waals surface area contributed by atoms with Crippen LogP contribution in [0.25, 0.3) is 0 Å². The minimum atomic E-state index is -0.458. The van der Waals surface area contributed by atoms with Crippen molar-refractivity contribution in [1.82, 2.24) is 10.9 Å². The van der Waals surface area contributed by atoms with Crippen LogP contribution in [-0.2, 0) is 16.0 Å². The van der Waals surface area contributed by atoms with E-state index in [-0.39, 0.29) is 24.8 Å². The third-order valence-electron chi connectivity index (χ3n) is 3.57. The lowest BCUT2D eigenvalue weighted by atomic mass is 10.1. The van der Waals surface area contributed by atoms with Gasteiger partial charge in [0.1, 0.15) is 11.6 Å². The van der Waals surface area contributed by atoms with Gasteiger partial charge in [0, 0.05) is 6.42 Å². The molecule has 25 heavy (non-hydrogen) atoms. The first-order chi connectivity index (χ1) is 11.9. The average Bonchev–Trinajstić information content (AvgIpc) is 2.59. The van der Waals surface area contributed by atoms with Crippen LogP contribution in [0, 0.1) is 19.7 Å². The van der Waals surface area contributed by atoms with Crippen molar-refractivity contribution >= 4 is 11.8 Å². The Morgan fingerprint density at radius 3 is 2.56 bits per heavy atom. The summed E-state index contributed by atoms with van der Waals surface area (Å²) in [5.74, 6) is -0.522. The second-order valence-corrected chi connectivity index (χ2v) is 5.78. The van der Waals surface area contributed by atoms with Gasteiger partial charge in [0.25, 0.3) is 5.91 Å². The maximum absolute atomic E-state index is 13.1. The molecule has 2 amide bonds. The van der Waals surface area contributed by atoms with Gasteiger partial charge in [-0.25, -0.2) is 4.39 Å². The monoisotopic (exact) mass is 344 g/mol. The summed E-state index contributed by atoms with van der Waals surface area (Å²) in [6.45, 7) is 3.63. The van der Waals surface area contributed by atoms with Gasteiger partial charge in [-0.1, -0.05) is 24.3 Å². The van der Waals surface area contributed by atoms with Gasteiger partial charge >= 0.3 is 0 Å². The first-order valence-corrected chi connectivity index (χ1v) is 7.96. The minimum Gasteiger partial charge on any atom is -0.483 e. The second-order valence-electron chi connectivity index (χ2n) is 5.78. The fraction of sp³-hybridized carbons (Fsp3) is 0.263. The lowest BCUT2D eigenvalue weighted by molar-refractivity contribution is -0.130. The van der Waals surface area contributed by atoms with Gasteiger partial charge in [0.05, 0.1) is 0 Å². The van der Waals surface area contributed by atoms with Gasteiger partial charge in [-0.2, -0.15) is 0 Å². The fourth-order valence-electron chi connectivity index (χ4n) is 2.19. The van der Waals surface area contributed by atoms with E-state index >= 15 is 0 Å². The number of amides is 2. The molecular weight excluding hydrogens is 323 g/mol. The number of hydrogen-bond donors (Lipinski definition) is 2. The molecule has 0 aliphatic heterocycles. The second kappa shape index (κ2) is 8.82. The largest absolute Gasteiger partial charge is 0.483 e. The van der Waals surface area contributed by atoms with E-state index in [1.54, 1.807) is 12.1 Å². The predicted molar refractivity (Wildman–Crippen MR) is 92.4 cm³/mol. The van der Waals surface area contributed by atoms with Crippen LogP contribution in [0.3, 0.4) is 0 Å². The van der Waals surface area contributed by atoms with Crippen LogP contribution in [0.2, 0.25) is 0 Å². The van der Waals surface area contributed by atoms with Gasteiger partial charge in [-0.3, -0.25) is 20.4 Å². The zero-order valence-corrected chi connectivity index (χ0v) is 14.3. The predicted octanol–water partition coefficient (Wildman–Crippen LogP) is 2.60. The smallest absolute Gasteiger partial charge is 0.276 e. The lowest BCUT2D eigenvalue weighted by Crippen LogP contribution is -2.43. The SMILES string of the molecule is Cc1ccc(C)c(OCC(=O)NNC(=O)CCc2cccc(F)c2)c1. The van der Waals surface area contributed by atoms with Crippen molar-refractivity contribution in [1.29, 1.82) is 0 Å². The highest BCUT2D eigenvalue weighted by atomic mass is 19.1. The minimum absolute atomic E-state index is 0.140. The maximum atomic E-state index is 13.1. The van der Waals surface area contributed by atoms with E-state index in [0.29, 0.717) is 12.2 Å². The molecular formula is C19H21FN2O3. The number of carbonyl (C=O) groups excluding carboxylic acids is 2. The summed E-state index contributed by atoms with van der Waals surface area (Å²) in [5, 5.41) is 0. The maximum Gasteiger partial charge on any atom is 0.276 e. The third-order valence-corrected chi connectivity index (χ3v) is 3.57. The molecule has 0 saturated carbocycles. The lowest BCUT2D eigenvalue weighted by Gasteiger charge is -2.11. The van der Waals surface area contributed by atoms with Crippen LogP contribution < -0.4 is 15.6 Å². The Hall–Kier alpha value is -2.89. The molecule has 2 aromatic rings. The molecule has 0 atom stereocenters. The molecule has 0 aliphatic carbocycles. The molecule has 0 radical (unpaired) electrons. The molecule has 0 spiro atoms. The number of nitrogens with one attached hydrogen (secondary N) is 2. The quantitative estimate of drug-likeness (QED) is 0.792. The Bertz CT molecular complexity index is 762. The van der Waals surface area contributed by atoms with Crippen LogP contribution in [0.4, 0.5) is 4.39 Å². The number of hydrogen-bond acceptors (Lipinski definition) is 3. The Morgan fingerprint density at radius 1 is 1.04 bits per heavy atom. The summed E-state index contributed by atoms with van der Waals surface area (Å²) in [6, 6.07) is 11.8. The van der Waals surface area contributed by atoms with Gasteiger partial charge in [-0.05, 0) is 55.2 Å². The van der Waals surface area contributed by atoms with E-state index in [0.717, 1.165) is 16.7 Å². The Morgan fingerprint density at radius 2 is 1.80 bits per heavy atom. The number of hydrazine groups is 1. The van der Waals surface area contributed by atoms with E-state index in [1.807, 2.05) is 32.0 Å². The van der Waals surface area contributed by atoms with Gasteiger partial charge in [-0.15, -0.1) is 0 Å². The van der Waals surface area contributed by atoms with Crippen molar-refractivity contribution in [3.63, 3.8) is 0 Å². The van der Waals surface area contributed by atoms with Crippen LogP contribution >= 0.6 is 0 Å². The van der Waals surface area contributed by atoms with E-state index in [9.17, 15) is 14.0 Å². The molecule has 0 saturated heterocycles. The molecule has 0 bridgehead atoms. The Kier molecular flexibility index (Phi) is 6.51. The number of ether oxygens (including phenoxy) is 1. The van der Waals surface area contributed by atoms with Crippen molar-refractivity contribution in [3.05, 3.63) is 65.0 Å². The molecule has 5 nitrogen and oxygen atoms in total. The fourth-order valence-corrected chi connectivity index (χ4v) is 2.19. The summed E-state index contributed by atoms with van der Waals surface area (Å²) in [6.07, 6.45) is 0.528. The summed E-state index contributed by atoms with van der Waals surface area (Å²) < 4.78 is 18.5. The highest BCUT2D eigenvalue weighted by molar-refractivity contribution is 5.82. The standard InChI is InChI=1S/C19H21FN2O3/c1-13-6-7-14(2)17(10-13)25-12-19(24)22-21-18(23)9-8-15-4-3-5-16(20)11-15/h3-7,10-11H,8-9,12H2,1-2H3,(H,21,23)(H,22,24). The Labute approximate surface area is 146 Å². The molecule has 2 N–H and O–H groups in total. The number of halogens is 1. The zero-order chi connectivity index (χ0) is 18.2. The molecule has 2 rings (SSSR count). The van der Waals surface area contributed by atoms with Crippen molar-refractivity contribution in [3.8, 4) is 5.75 Å². The van der Waals surface area contributed by atoms with Gasteiger partial charge < -0.3 is 4.74 Å². The van der Waals surface area contributed by atoms with Gasteiger partial charge in [0.2, 0.25) is 5.91 Å². The molecule has 6 heteroatoms. The summed E-state index contributed by atoms with van der Waals surface area (Å²) in [7, 11) is 0. The first-order valence-electron chi connectivity index (χ1n) is 7.96. The number of rotatable bonds is 6. The van der Waals surface area contributed by atoms with E-state index in [2.05, 4.69) is 10.9 Å². The third kappa shape index (κ3) is 6.25. The van der Waals surface area contributed by atoms with E-state index in [4.69, 9.17) is 4.74 Å². The molecule has 132 valence electrons. The van der Waals surface area contributed by atoms with Crippen LogP contribution in [0.5, 0.6) is 5.75 Å².